The number of nitrogens with zero attached hydrogens (tertiary/aromatic N) is 1. The van der Waals surface area contributed by atoms with E-state index in [1.54, 1.807) is 6.07 Å². The van der Waals surface area contributed by atoms with Crippen molar-refractivity contribution in [1.29, 1.82) is 0 Å². The minimum atomic E-state index is -4.72. The first-order chi connectivity index (χ1) is 16.8. The lowest BCUT2D eigenvalue weighted by atomic mass is 10.2. The molecule has 0 atom stereocenters. The Morgan fingerprint density at radius 1 is 0.778 bits per heavy atom. The quantitative estimate of drug-likeness (QED) is 0.382. The van der Waals surface area contributed by atoms with Crippen LogP contribution in [0.3, 0.4) is 0 Å². The maximum Gasteiger partial charge on any atom is 0.416 e. The van der Waals surface area contributed by atoms with Crippen LogP contribution in [0, 0.1) is 0 Å². The summed E-state index contributed by atoms with van der Waals surface area (Å²) in [4.78, 5) is 12.0. The highest BCUT2D eigenvalue weighted by Gasteiger charge is 2.33. The topological polar surface area (TPSA) is 78.5 Å². The molecule has 0 heterocycles. The van der Waals surface area contributed by atoms with Gasteiger partial charge < -0.3 is 10.6 Å². The molecule has 2 N–H and O–H groups in total. The smallest absolute Gasteiger partial charge is 0.336 e. The summed E-state index contributed by atoms with van der Waals surface area (Å²) in [6, 6.07) is 13.6. The van der Waals surface area contributed by atoms with Gasteiger partial charge in [-0.05, 0) is 48.5 Å². The second kappa shape index (κ2) is 10.5. The van der Waals surface area contributed by atoms with E-state index in [1.165, 1.54) is 36.4 Å². The molecule has 0 unspecified atom stereocenters. The Morgan fingerprint density at radius 2 is 1.36 bits per heavy atom. The number of halogens is 6. The minimum Gasteiger partial charge on any atom is -0.336 e. The molecule has 0 aliphatic heterocycles. The van der Waals surface area contributed by atoms with Crippen LogP contribution >= 0.6 is 0 Å². The molecule has 3 aromatic rings. The molecule has 0 bridgehead atoms. The number of carbonyl (C=O) groups is 1. The molecule has 3 aromatic carbocycles. The van der Waals surface area contributed by atoms with Gasteiger partial charge in [-0.1, -0.05) is 30.3 Å². The van der Waals surface area contributed by atoms with Gasteiger partial charge in [0.05, 0.1) is 28.3 Å². The molecule has 3 rings (SSSR count). The fourth-order valence-electron chi connectivity index (χ4n) is 3.16. The summed E-state index contributed by atoms with van der Waals surface area (Å²) in [7, 11) is -4.33. The molecule has 0 saturated carbocycles. The summed E-state index contributed by atoms with van der Waals surface area (Å²) >= 11 is 0. The molecule has 0 fully saturated rings. The van der Waals surface area contributed by atoms with Crippen molar-refractivity contribution in [1.82, 2.24) is 5.32 Å². The number of carbonyl (C=O) groups excluding carboxylic acids is 1. The fourth-order valence-corrected chi connectivity index (χ4v) is 4.64. The number of amides is 2. The number of anilines is 2. The largest absolute Gasteiger partial charge is 0.416 e. The Balaban J connectivity index is 1.79. The van der Waals surface area contributed by atoms with Crippen molar-refractivity contribution in [3.8, 4) is 0 Å². The van der Waals surface area contributed by atoms with Crippen LogP contribution in [-0.4, -0.2) is 27.5 Å². The van der Waals surface area contributed by atoms with E-state index in [0.29, 0.717) is 16.4 Å². The average Bonchev–Trinajstić information content (AvgIpc) is 2.81. The normalized spacial score (nSPS) is 12.2. The molecule has 0 spiro atoms. The lowest BCUT2D eigenvalue weighted by Crippen LogP contribution is -2.40. The van der Waals surface area contributed by atoms with Gasteiger partial charge in [0.1, 0.15) is 0 Å². The van der Waals surface area contributed by atoms with Gasteiger partial charge in [-0.2, -0.15) is 26.3 Å². The first-order valence-electron chi connectivity index (χ1n) is 10.3. The van der Waals surface area contributed by atoms with Gasteiger partial charge in [0, 0.05) is 12.2 Å². The van der Waals surface area contributed by atoms with Gasteiger partial charge in [0.25, 0.3) is 10.0 Å². The van der Waals surface area contributed by atoms with Crippen LogP contribution in [0.25, 0.3) is 0 Å². The van der Waals surface area contributed by atoms with E-state index in [0.717, 1.165) is 24.3 Å². The van der Waals surface area contributed by atoms with Crippen LogP contribution in [0.15, 0.2) is 83.8 Å². The summed E-state index contributed by atoms with van der Waals surface area (Å²) in [5, 5.41) is 4.50. The zero-order valence-electron chi connectivity index (χ0n) is 18.3. The van der Waals surface area contributed by atoms with E-state index in [-0.39, 0.29) is 22.8 Å². The summed E-state index contributed by atoms with van der Waals surface area (Å²) < 4.78 is 105. The number of sulfonamides is 1. The molecule has 13 heteroatoms. The van der Waals surface area contributed by atoms with Crippen LogP contribution in [0.5, 0.6) is 0 Å². The number of benzene rings is 3. The lowest BCUT2D eigenvalue weighted by molar-refractivity contribution is -0.138. The van der Waals surface area contributed by atoms with E-state index >= 15 is 0 Å². The Labute approximate surface area is 202 Å². The van der Waals surface area contributed by atoms with Gasteiger partial charge in [-0.3, -0.25) is 4.31 Å². The fraction of sp³-hybridized carbons (Fsp3) is 0.174. The minimum absolute atomic E-state index is 0.158. The molecule has 36 heavy (non-hydrogen) atoms. The lowest BCUT2D eigenvalue weighted by Gasteiger charge is -2.25. The van der Waals surface area contributed by atoms with Gasteiger partial charge in [0.2, 0.25) is 0 Å². The number of urea groups is 1. The van der Waals surface area contributed by atoms with E-state index in [2.05, 4.69) is 10.6 Å². The molecular formula is C23H19F6N3O3S. The molecule has 192 valence electrons. The second-order valence-corrected chi connectivity index (χ2v) is 9.26. The van der Waals surface area contributed by atoms with Crippen LogP contribution in [0.2, 0.25) is 0 Å². The average molecular weight is 531 g/mol. The maximum absolute atomic E-state index is 13.2. The zero-order valence-corrected chi connectivity index (χ0v) is 19.1. The van der Waals surface area contributed by atoms with E-state index in [4.69, 9.17) is 0 Å². The maximum atomic E-state index is 13.2. The Bertz CT molecular complexity index is 1310. The van der Waals surface area contributed by atoms with Crippen LogP contribution in [-0.2, 0) is 22.4 Å². The third kappa shape index (κ3) is 6.68. The van der Waals surface area contributed by atoms with Crippen LogP contribution in [0.4, 0.5) is 42.5 Å². The van der Waals surface area contributed by atoms with Crippen molar-refractivity contribution in [2.45, 2.75) is 17.2 Å². The molecule has 0 saturated heterocycles. The number of hydrogen-bond donors (Lipinski definition) is 2. The first kappa shape index (κ1) is 26.9. The van der Waals surface area contributed by atoms with Gasteiger partial charge >= 0.3 is 18.4 Å². The summed E-state index contributed by atoms with van der Waals surface area (Å²) in [5.41, 5.74) is -2.49. The predicted octanol–water partition coefficient (Wildman–Crippen LogP) is 5.74. The second-order valence-electron chi connectivity index (χ2n) is 7.40. The van der Waals surface area contributed by atoms with Crippen molar-refractivity contribution in [2.24, 2.45) is 0 Å². The molecule has 0 aliphatic rings. The third-order valence-electron chi connectivity index (χ3n) is 4.84. The SMILES string of the molecule is O=C(NCCN(c1cccc(C(F)(F)F)c1)S(=O)(=O)c1ccccc1)Nc1cccc(C(F)(F)F)c1. The monoisotopic (exact) mass is 531 g/mol. The Hall–Kier alpha value is -3.74. The van der Waals surface area contributed by atoms with E-state index in [9.17, 15) is 39.6 Å². The number of hydrogen-bond acceptors (Lipinski definition) is 3. The van der Waals surface area contributed by atoms with E-state index in [1.807, 2.05) is 0 Å². The first-order valence-corrected chi connectivity index (χ1v) is 11.7. The molecule has 0 radical (unpaired) electrons. The molecule has 0 aromatic heterocycles. The zero-order chi connectivity index (χ0) is 26.6. The highest BCUT2D eigenvalue weighted by atomic mass is 32.2. The predicted molar refractivity (Wildman–Crippen MR) is 121 cm³/mol. The van der Waals surface area contributed by atoms with Gasteiger partial charge in [0.15, 0.2) is 0 Å². The summed E-state index contributed by atoms with van der Waals surface area (Å²) in [5.74, 6) is 0. The Kier molecular flexibility index (Phi) is 7.82. The highest BCUT2D eigenvalue weighted by molar-refractivity contribution is 7.92. The van der Waals surface area contributed by atoms with Crippen molar-refractivity contribution >= 4 is 27.4 Å². The Morgan fingerprint density at radius 3 is 1.97 bits per heavy atom. The van der Waals surface area contributed by atoms with Crippen molar-refractivity contribution in [2.75, 3.05) is 22.7 Å². The standard InChI is InChI=1S/C23H19F6N3O3S/c24-22(25,26)16-6-4-8-18(14-16)31-21(33)30-12-13-32(36(34,35)20-10-2-1-3-11-20)19-9-5-7-17(15-19)23(27,28)29/h1-11,14-15H,12-13H2,(H2,30,31,33). The number of rotatable bonds is 7. The van der Waals surface area contributed by atoms with Crippen molar-refractivity contribution in [3.63, 3.8) is 0 Å². The molecular weight excluding hydrogens is 512 g/mol. The van der Waals surface area contributed by atoms with Crippen molar-refractivity contribution < 1.29 is 39.6 Å². The molecule has 6 nitrogen and oxygen atoms in total. The van der Waals surface area contributed by atoms with Gasteiger partial charge in [-0.15, -0.1) is 0 Å². The van der Waals surface area contributed by atoms with Crippen LogP contribution < -0.4 is 14.9 Å². The van der Waals surface area contributed by atoms with Crippen molar-refractivity contribution in [3.05, 3.63) is 90.0 Å². The van der Waals surface area contributed by atoms with E-state index < -0.39 is 46.1 Å². The summed E-state index contributed by atoms with van der Waals surface area (Å²) in [6.45, 7) is -0.832. The third-order valence-corrected chi connectivity index (χ3v) is 6.68. The number of alkyl halides is 6. The van der Waals surface area contributed by atoms with Crippen LogP contribution in [0.1, 0.15) is 11.1 Å². The number of nitrogens with one attached hydrogen (secondary N) is 2. The van der Waals surface area contributed by atoms with Gasteiger partial charge in [-0.25, -0.2) is 13.2 Å². The molecule has 2 amide bonds. The highest BCUT2D eigenvalue weighted by Crippen LogP contribution is 2.33. The molecule has 0 aliphatic carbocycles. The summed E-state index contributed by atoms with van der Waals surface area (Å²) in [6.07, 6.45) is -9.34.